The zero-order valence-electron chi connectivity index (χ0n) is 13.7. The molecule has 2 amide bonds. The highest BCUT2D eigenvalue weighted by Crippen LogP contribution is 2.40. The third-order valence-corrected chi connectivity index (χ3v) is 5.43. The molecule has 1 aromatic carbocycles. The second-order valence-corrected chi connectivity index (χ2v) is 7.38. The summed E-state index contributed by atoms with van der Waals surface area (Å²) in [6.07, 6.45) is 3.89. The Hall–Kier alpha value is -1.99. The monoisotopic (exact) mass is 349 g/mol. The maximum atomic E-state index is 13.6. The zero-order valence-corrected chi connectivity index (χ0v) is 14.5. The number of hydrogen-bond acceptors (Lipinski definition) is 4. The van der Waals surface area contributed by atoms with Gasteiger partial charge >= 0.3 is 6.03 Å². The summed E-state index contributed by atoms with van der Waals surface area (Å²) in [5, 5.41) is 12.6. The molecule has 2 aromatic rings. The van der Waals surface area contributed by atoms with Gasteiger partial charge in [-0.25, -0.2) is 14.2 Å². The first-order valence-electron chi connectivity index (χ1n) is 7.79. The van der Waals surface area contributed by atoms with Crippen LogP contribution in [0.4, 0.5) is 14.3 Å². The summed E-state index contributed by atoms with van der Waals surface area (Å²) in [6.45, 7) is 1.70. The van der Waals surface area contributed by atoms with Gasteiger partial charge in [-0.3, -0.25) is 5.32 Å². The lowest BCUT2D eigenvalue weighted by atomic mass is 10.1. The number of nitrogens with zero attached hydrogens (tertiary/aromatic N) is 2. The van der Waals surface area contributed by atoms with Crippen molar-refractivity contribution >= 4 is 22.5 Å². The largest absolute Gasteiger partial charge is 0.394 e. The number of hydrogen-bond donors (Lipinski definition) is 2. The van der Waals surface area contributed by atoms with Crippen molar-refractivity contribution in [3.05, 3.63) is 46.2 Å². The number of likely N-dealkylation sites (N-methyl/N-ethyl adjacent to an activating group) is 1. The Kier molecular flexibility index (Phi) is 4.56. The topological polar surface area (TPSA) is 65.5 Å². The first kappa shape index (κ1) is 16.9. The van der Waals surface area contributed by atoms with Crippen molar-refractivity contribution in [1.82, 2.24) is 9.88 Å². The van der Waals surface area contributed by atoms with E-state index in [-0.39, 0.29) is 18.5 Å². The molecule has 24 heavy (non-hydrogen) atoms. The van der Waals surface area contributed by atoms with Crippen LogP contribution in [0.25, 0.3) is 0 Å². The minimum Gasteiger partial charge on any atom is -0.394 e. The summed E-state index contributed by atoms with van der Waals surface area (Å²) >= 11 is 1.37. The van der Waals surface area contributed by atoms with Crippen LogP contribution in [0.1, 0.15) is 28.8 Å². The number of aryl methyl sites for hydroxylation is 1. The third kappa shape index (κ3) is 3.42. The van der Waals surface area contributed by atoms with E-state index < -0.39 is 5.54 Å². The summed E-state index contributed by atoms with van der Waals surface area (Å²) < 4.78 is 13.6. The van der Waals surface area contributed by atoms with Gasteiger partial charge in [0.25, 0.3) is 0 Å². The van der Waals surface area contributed by atoms with Gasteiger partial charge in [0, 0.05) is 24.5 Å². The number of thiazole rings is 1. The van der Waals surface area contributed by atoms with E-state index in [2.05, 4.69) is 10.3 Å². The summed E-state index contributed by atoms with van der Waals surface area (Å²) in [6, 6.07) is 4.90. The molecule has 0 spiro atoms. The van der Waals surface area contributed by atoms with Crippen LogP contribution in [0.5, 0.6) is 0 Å². The minimum absolute atomic E-state index is 0.0287. The number of carbonyl (C=O) groups excluding carboxylic acids is 1. The molecule has 2 N–H and O–H groups in total. The van der Waals surface area contributed by atoms with E-state index in [1.54, 1.807) is 31.1 Å². The van der Waals surface area contributed by atoms with E-state index in [4.69, 9.17) is 0 Å². The predicted octanol–water partition coefficient (Wildman–Crippen LogP) is 3.17. The lowest BCUT2D eigenvalue weighted by Gasteiger charge is -2.25. The van der Waals surface area contributed by atoms with Gasteiger partial charge < -0.3 is 10.0 Å². The van der Waals surface area contributed by atoms with Crippen molar-refractivity contribution in [3.8, 4) is 0 Å². The van der Waals surface area contributed by atoms with Gasteiger partial charge in [-0.2, -0.15) is 0 Å². The number of aliphatic hydroxyl groups is 1. The van der Waals surface area contributed by atoms with Gasteiger partial charge in [-0.05, 0) is 37.0 Å². The number of urea groups is 1. The number of amides is 2. The van der Waals surface area contributed by atoms with Crippen LogP contribution in [0.15, 0.2) is 24.4 Å². The fourth-order valence-electron chi connectivity index (χ4n) is 2.53. The number of halogens is 1. The predicted molar refractivity (Wildman–Crippen MR) is 91.9 cm³/mol. The van der Waals surface area contributed by atoms with E-state index in [1.807, 2.05) is 6.07 Å². The van der Waals surface area contributed by atoms with Gasteiger partial charge in [-0.15, -0.1) is 11.3 Å². The van der Waals surface area contributed by atoms with E-state index in [1.165, 1.54) is 17.4 Å². The van der Waals surface area contributed by atoms with Crippen LogP contribution in [-0.4, -0.2) is 40.2 Å². The second kappa shape index (κ2) is 6.49. The van der Waals surface area contributed by atoms with Crippen molar-refractivity contribution in [3.63, 3.8) is 0 Å². The molecule has 3 rings (SSSR count). The van der Waals surface area contributed by atoms with Crippen LogP contribution < -0.4 is 5.32 Å². The summed E-state index contributed by atoms with van der Waals surface area (Å²) in [5.74, 6) is -0.217. The molecule has 7 heteroatoms. The molecule has 0 unspecified atom stereocenters. The van der Waals surface area contributed by atoms with Gasteiger partial charge in [-0.1, -0.05) is 12.1 Å². The van der Waals surface area contributed by atoms with Crippen LogP contribution in [-0.2, 0) is 6.42 Å². The number of benzene rings is 1. The molecular formula is C17H20FN3O2S. The van der Waals surface area contributed by atoms with Crippen molar-refractivity contribution in [1.29, 1.82) is 0 Å². The van der Waals surface area contributed by atoms with Crippen molar-refractivity contribution in [2.45, 2.75) is 31.7 Å². The quantitative estimate of drug-likeness (QED) is 0.871. The van der Waals surface area contributed by atoms with Crippen molar-refractivity contribution < 1.29 is 14.3 Å². The Morgan fingerprint density at radius 1 is 1.50 bits per heavy atom. The number of nitrogens with one attached hydrogen (secondary N) is 1. The zero-order chi connectivity index (χ0) is 17.3. The molecule has 0 aliphatic heterocycles. The van der Waals surface area contributed by atoms with Crippen LogP contribution >= 0.6 is 11.3 Å². The molecule has 1 aromatic heterocycles. The van der Waals surface area contributed by atoms with Gasteiger partial charge in [0.05, 0.1) is 12.1 Å². The molecule has 1 aliphatic carbocycles. The number of carbonyl (C=O) groups is 1. The molecule has 128 valence electrons. The lowest BCUT2D eigenvalue weighted by molar-refractivity contribution is 0.145. The summed E-state index contributed by atoms with van der Waals surface area (Å²) in [4.78, 5) is 18.9. The number of aromatic nitrogens is 1. The number of anilines is 1. The maximum Gasteiger partial charge on any atom is 0.323 e. The normalized spacial score (nSPS) is 15.2. The SMILES string of the molecule is Cc1ccc(Cc2cnc(NC(=O)N(C)C3(CO)CC3)s2)cc1F. The average Bonchev–Trinajstić information content (AvgIpc) is 3.25. The van der Waals surface area contributed by atoms with Crippen molar-refractivity contribution in [2.75, 3.05) is 19.0 Å². The molecule has 0 atom stereocenters. The Morgan fingerprint density at radius 3 is 2.88 bits per heavy atom. The molecule has 0 saturated heterocycles. The lowest BCUT2D eigenvalue weighted by Crippen LogP contribution is -2.43. The molecule has 1 aliphatic rings. The third-order valence-electron chi connectivity index (χ3n) is 4.52. The van der Waals surface area contributed by atoms with E-state index in [0.717, 1.165) is 23.3 Å². The first-order chi connectivity index (χ1) is 11.4. The van der Waals surface area contributed by atoms with E-state index in [0.29, 0.717) is 17.1 Å². The molecular weight excluding hydrogens is 329 g/mol. The van der Waals surface area contributed by atoms with Crippen LogP contribution in [0.2, 0.25) is 0 Å². The van der Waals surface area contributed by atoms with Gasteiger partial charge in [0.2, 0.25) is 0 Å². The maximum absolute atomic E-state index is 13.6. The molecule has 5 nitrogen and oxygen atoms in total. The Labute approximate surface area is 144 Å². The smallest absolute Gasteiger partial charge is 0.323 e. The minimum atomic E-state index is -0.413. The highest BCUT2D eigenvalue weighted by molar-refractivity contribution is 7.15. The summed E-state index contributed by atoms with van der Waals surface area (Å²) in [7, 11) is 1.68. The number of aliphatic hydroxyl groups excluding tert-OH is 1. The average molecular weight is 349 g/mol. The second-order valence-electron chi connectivity index (χ2n) is 6.26. The van der Waals surface area contributed by atoms with Crippen LogP contribution in [0.3, 0.4) is 0 Å². The fraction of sp³-hybridized carbons (Fsp3) is 0.412. The Morgan fingerprint density at radius 2 is 2.25 bits per heavy atom. The summed E-state index contributed by atoms with van der Waals surface area (Å²) in [5.41, 5.74) is 1.08. The Balaban J connectivity index is 1.63. The van der Waals surface area contributed by atoms with E-state index >= 15 is 0 Å². The molecule has 1 heterocycles. The first-order valence-corrected chi connectivity index (χ1v) is 8.60. The molecule has 0 radical (unpaired) electrons. The highest BCUT2D eigenvalue weighted by Gasteiger charge is 2.48. The number of rotatable bonds is 5. The van der Waals surface area contributed by atoms with Crippen LogP contribution in [0, 0.1) is 12.7 Å². The molecule has 1 saturated carbocycles. The molecule has 1 fully saturated rings. The van der Waals surface area contributed by atoms with Crippen molar-refractivity contribution in [2.24, 2.45) is 0 Å². The molecule has 0 bridgehead atoms. The fourth-order valence-corrected chi connectivity index (χ4v) is 3.37. The Bertz CT molecular complexity index is 758. The standard InChI is InChI=1S/C17H20FN3O2S/c1-11-3-4-12(8-14(11)18)7-13-9-19-15(24-13)20-16(23)21(2)17(10-22)5-6-17/h3-4,8-9,22H,5-7,10H2,1-2H3,(H,19,20,23). The van der Waals surface area contributed by atoms with Gasteiger partial charge in [0.1, 0.15) is 5.82 Å². The van der Waals surface area contributed by atoms with E-state index in [9.17, 15) is 14.3 Å². The van der Waals surface area contributed by atoms with Gasteiger partial charge in [0.15, 0.2) is 5.13 Å². The highest BCUT2D eigenvalue weighted by atomic mass is 32.1.